The predicted molar refractivity (Wildman–Crippen MR) is 166 cm³/mol. The standard InChI is InChI=1S/C32H43ClN4O4/c1-32(2,3)13-15-35-31(38)36-26-11-10-23(20-25(26)33)41-28-12-14-34-27-22-30(29(39-4)21-24(27)28)40-19-9-18-37-16-7-5-6-8-17-37/h10-12,14,20-22H,5-9,13,15-19H2,1-4H3,(H2,35,36,38). The smallest absolute Gasteiger partial charge is 0.319 e. The monoisotopic (exact) mass is 582 g/mol. The first-order valence-electron chi connectivity index (χ1n) is 14.6. The Morgan fingerprint density at radius 3 is 2.51 bits per heavy atom. The van der Waals surface area contributed by atoms with Gasteiger partial charge in [-0.05, 0) is 68.5 Å². The van der Waals surface area contributed by atoms with Gasteiger partial charge in [0.25, 0.3) is 0 Å². The van der Waals surface area contributed by atoms with Gasteiger partial charge in [-0.25, -0.2) is 4.79 Å². The first kappa shape index (κ1) is 30.7. The number of halogens is 1. The molecule has 3 aromatic rings. The van der Waals surface area contributed by atoms with Gasteiger partial charge in [0.05, 0.1) is 29.9 Å². The Hall–Kier alpha value is -3.23. The number of likely N-dealkylation sites (tertiary alicyclic amines) is 1. The van der Waals surface area contributed by atoms with E-state index in [4.69, 9.17) is 25.8 Å². The van der Waals surface area contributed by atoms with Crippen LogP contribution in [0.5, 0.6) is 23.0 Å². The van der Waals surface area contributed by atoms with Crippen molar-refractivity contribution >= 4 is 34.2 Å². The fourth-order valence-electron chi connectivity index (χ4n) is 4.83. The molecule has 4 rings (SSSR count). The van der Waals surface area contributed by atoms with E-state index in [9.17, 15) is 4.79 Å². The van der Waals surface area contributed by atoms with Crippen molar-refractivity contribution in [1.82, 2.24) is 15.2 Å². The summed E-state index contributed by atoms with van der Waals surface area (Å²) in [5.74, 6) is 2.44. The quantitative estimate of drug-likeness (QED) is 0.224. The molecule has 0 aliphatic carbocycles. The lowest BCUT2D eigenvalue weighted by Crippen LogP contribution is -2.31. The van der Waals surface area contributed by atoms with Gasteiger partial charge >= 0.3 is 6.03 Å². The number of carbonyl (C=O) groups excluding carboxylic acids is 1. The number of benzene rings is 2. The second-order valence-corrected chi connectivity index (χ2v) is 12.1. The molecule has 1 fully saturated rings. The van der Waals surface area contributed by atoms with E-state index in [0.717, 1.165) is 30.3 Å². The third-order valence-electron chi connectivity index (χ3n) is 7.14. The summed E-state index contributed by atoms with van der Waals surface area (Å²) in [6.45, 7) is 11.0. The summed E-state index contributed by atoms with van der Waals surface area (Å²) in [5.41, 5.74) is 1.39. The van der Waals surface area contributed by atoms with Gasteiger partial charge in [0.15, 0.2) is 11.5 Å². The molecule has 2 amide bonds. The van der Waals surface area contributed by atoms with E-state index in [-0.39, 0.29) is 11.4 Å². The number of amides is 2. The molecule has 2 N–H and O–H groups in total. The summed E-state index contributed by atoms with van der Waals surface area (Å²) in [6.07, 6.45) is 8.79. The average molecular weight is 583 g/mol. The molecule has 0 atom stereocenters. The minimum absolute atomic E-state index is 0.145. The molecule has 2 heterocycles. The molecular formula is C32H43ClN4O4. The van der Waals surface area contributed by atoms with E-state index < -0.39 is 0 Å². The first-order chi connectivity index (χ1) is 19.7. The van der Waals surface area contributed by atoms with E-state index in [0.29, 0.717) is 46.9 Å². The number of anilines is 1. The molecule has 1 saturated heterocycles. The van der Waals surface area contributed by atoms with Crippen molar-refractivity contribution in [1.29, 1.82) is 0 Å². The maximum atomic E-state index is 12.3. The van der Waals surface area contributed by atoms with Crippen LogP contribution in [0.1, 0.15) is 59.3 Å². The molecule has 1 aliphatic heterocycles. The van der Waals surface area contributed by atoms with Gasteiger partial charge in [0.2, 0.25) is 0 Å². The molecule has 41 heavy (non-hydrogen) atoms. The Labute approximate surface area is 248 Å². The molecule has 0 spiro atoms. The zero-order valence-corrected chi connectivity index (χ0v) is 25.5. The van der Waals surface area contributed by atoms with Crippen molar-refractivity contribution < 1.29 is 19.0 Å². The van der Waals surface area contributed by atoms with E-state index in [1.54, 1.807) is 37.6 Å². The minimum Gasteiger partial charge on any atom is -0.493 e. The topological polar surface area (TPSA) is 85.0 Å². The number of carbonyl (C=O) groups is 1. The van der Waals surface area contributed by atoms with Gasteiger partial charge in [-0.1, -0.05) is 45.2 Å². The van der Waals surface area contributed by atoms with Gasteiger partial charge < -0.3 is 29.7 Å². The van der Waals surface area contributed by atoms with Crippen LogP contribution < -0.4 is 24.8 Å². The molecule has 0 radical (unpaired) electrons. The minimum atomic E-state index is -0.294. The van der Waals surface area contributed by atoms with Crippen LogP contribution in [0.2, 0.25) is 5.02 Å². The molecule has 1 aliphatic rings. The summed E-state index contributed by atoms with van der Waals surface area (Å²) < 4.78 is 18.0. The summed E-state index contributed by atoms with van der Waals surface area (Å²) >= 11 is 6.48. The van der Waals surface area contributed by atoms with Crippen molar-refractivity contribution in [2.45, 2.75) is 59.3 Å². The summed E-state index contributed by atoms with van der Waals surface area (Å²) in [6, 6.07) is 10.5. The Morgan fingerprint density at radius 1 is 1.02 bits per heavy atom. The first-order valence-corrected chi connectivity index (χ1v) is 14.9. The number of hydrogen-bond donors (Lipinski definition) is 2. The molecular weight excluding hydrogens is 540 g/mol. The van der Waals surface area contributed by atoms with Gasteiger partial charge in [0, 0.05) is 36.8 Å². The number of nitrogens with zero attached hydrogens (tertiary/aromatic N) is 2. The Kier molecular flexibility index (Phi) is 10.9. The number of rotatable bonds is 11. The molecule has 0 bridgehead atoms. The highest BCUT2D eigenvalue weighted by molar-refractivity contribution is 6.33. The number of aromatic nitrogens is 1. The second kappa shape index (κ2) is 14.6. The fraction of sp³-hybridized carbons (Fsp3) is 0.500. The average Bonchev–Trinajstić information content (AvgIpc) is 3.20. The highest BCUT2D eigenvalue weighted by atomic mass is 35.5. The molecule has 2 aromatic carbocycles. The van der Waals surface area contributed by atoms with Crippen LogP contribution in [0.4, 0.5) is 10.5 Å². The lowest BCUT2D eigenvalue weighted by molar-refractivity contribution is 0.235. The summed E-state index contributed by atoms with van der Waals surface area (Å²) in [5, 5.41) is 6.83. The van der Waals surface area contributed by atoms with Crippen LogP contribution in [-0.2, 0) is 0 Å². The number of fused-ring (bicyclic) bond motifs is 1. The lowest BCUT2D eigenvalue weighted by Gasteiger charge is -2.20. The van der Waals surface area contributed by atoms with Crippen LogP contribution in [0.15, 0.2) is 42.6 Å². The number of nitrogens with one attached hydrogen (secondary N) is 2. The van der Waals surface area contributed by atoms with Gasteiger partial charge in [-0.15, -0.1) is 0 Å². The second-order valence-electron chi connectivity index (χ2n) is 11.7. The molecule has 0 saturated carbocycles. The van der Waals surface area contributed by atoms with Crippen LogP contribution in [0, 0.1) is 5.41 Å². The highest BCUT2D eigenvalue weighted by Gasteiger charge is 2.15. The van der Waals surface area contributed by atoms with Crippen molar-refractivity contribution in [3.63, 3.8) is 0 Å². The molecule has 222 valence electrons. The zero-order valence-electron chi connectivity index (χ0n) is 24.7. The van der Waals surface area contributed by atoms with Crippen LogP contribution >= 0.6 is 11.6 Å². The third kappa shape index (κ3) is 9.40. The Bertz CT molecular complexity index is 1300. The van der Waals surface area contributed by atoms with Crippen molar-refractivity contribution in [2.75, 3.05) is 45.2 Å². The SMILES string of the molecule is COc1cc2c(Oc3ccc(NC(=O)NCCC(C)(C)C)c(Cl)c3)ccnc2cc1OCCCN1CCCCCC1. The van der Waals surface area contributed by atoms with Crippen molar-refractivity contribution in [3.05, 3.63) is 47.6 Å². The number of ether oxygens (including phenoxy) is 3. The van der Waals surface area contributed by atoms with Crippen LogP contribution in [-0.4, -0.2) is 55.8 Å². The Morgan fingerprint density at radius 2 is 1.80 bits per heavy atom. The molecule has 1 aromatic heterocycles. The summed E-state index contributed by atoms with van der Waals surface area (Å²) in [7, 11) is 1.63. The number of methoxy groups -OCH3 is 1. The van der Waals surface area contributed by atoms with Crippen LogP contribution in [0.25, 0.3) is 10.9 Å². The normalized spacial score (nSPS) is 14.4. The maximum absolute atomic E-state index is 12.3. The zero-order chi connectivity index (χ0) is 29.2. The van der Waals surface area contributed by atoms with Crippen molar-refractivity contribution in [3.8, 4) is 23.0 Å². The van der Waals surface area contributed by atoms with E-state index in [2.05, 4.69) is 41.3 Å². The van der Waals surface area contributed by atoms with Gasteiger partial charge in [-0.2, -0.15) is 0 Å². The molecule has 9 heteroatoms. The van der Waals surface area contributed by atoms with E-state index in [1.165, 1.54) is 38.8 Å². The Balaban J connectivity index is 1.38. The third-order valence-corrected chi connectivity index (χ3v) is 7.45. The maximum Gasteiger partial charge on any atom is 0.319 e. The van der Waals surface area contributed by atoms with Gasteiger partial charge in [0.1, 0.15) is 11.5 Å². The highest BCUT2D eigenvalue weighted by Crippen LogP contribution is 2.38. The lowest BCUT2D eigenvalue weighted by atomic mass is 9.92. The van der Waals surface area contributed by atoms with E-state index >= 15 is 0 Å². The van der Waals surface area contributed by atoms with E-state index in [1.807, 2.05) is 12.1 Å². The number of urea groups is 1. The predicted octanol–water partition coefficient (Wildman–Crippen LogP) is 7.89. The van der Waals surface area contributed by atoms with Gasteiger partial charge in [-0.3, -0.25) is 4.98 Å². The van der Waals surface area contributed by atoms with Crippen LogP contribution in [0.3, 0.4) is 0 Å². The number of pyridine rings is 1. The fourth-order valence-corrected chi connectivity index (χ4v) is 5.04. The largest absolute Gasteiger partial charge is 0.493 e. The molecule has 8 nitrogen and oxygen atoms in total. The summed E-state index contributed by atoms with van der Waals surface area (Å²) in [4.78, 5) is 19.4. The molecule has 0 unspecified atom stereocenters. The van der Waals surface area contributed by atoms with Crippen molar-refractivity contribution in [2.24, 2.45) is 5.41 Å². The number of hydrogen-bond acceptors (Lipinski definition) is 6.